The Morgan fingerprint density at radius 1 is 0.815 bits per heavy atom. The molecule has 4 nitrogen and oxygen atoms in total. The Balaban J connectivity index is 0. The fourth-order valence-electron chi connectivity index (χ4n) is 3.10. The molecule has 6 heteroatoms. The van der Waals surface area contributed by atoms with Gasteiger partial charge in [0, 0.05) is 5.92 Å². The third-order valence-corrected chi connectivity index (χ3v) is 5.16. The molecule has 156 valence electrons. The molecule has 0 rings (SSSR count). The molecule has 0 aliphatic heterocycles. The summed E-state index contributed by atoms with van der Waals surface area (Å²) in [6, 6.07) is 0. The first-order chi connectivity index (χ1) is 12.5. The Bertz CT molecular complexity index is 424. The smallest absolute Gasteiger partial charge is 0.726 e. The van der Waals surface area contributed by atoms with Crippen LogP contribution in [0.2, 0.25) is 0 Å². The minimum Gasteiger partial charge on any atom is -0.726 e. The fourth-order valence-corrected chi connectivity index (χ4v) is 3.44. The molecule has 0 bridgehead atoms. The summed E-state index contributed by atoms with van der Waals surface area (Å²) >= 11 is 0. The Hall–Kier alpha value is 0.610. The number of hydrogen-bond donors (Lipinski definition) is 0. The molecule has 0 spiro atoms. The van der Waals surface area contributed by atoms with E-state index in [1.54, 1.807) is 0 Å². The van der Waals surface area contributed by atoms with Crippen LogP contribution in [0.3, 0.4) is 0 Å². The van der Waals surface area contributed by atoms with Crippen LogP contribution in [0.4, 0.5) is 0 Å². The third-order valence-electron chi connectivity index (χ3n) is 4.74. The Labute approximate surface area is 191 Å². The summed E-state index contributed by atoms with van der Waals surface area (Å²) in [5, 5.41) is 0. The van der Waals surface area contributed by atoms with E-state index in [4.69, 9.17) is 0 Å². The zero-order valence-corrected chi connectivity index (χ0v) is 20.9. The van der Waals surface area contributed by atoms with Gasteiger partial charge in [-0.15, -0.1) is 0 Å². The maximum Gasteiger partial charge on any atom is 1.00 e. The van der Waals surface area contributed by atoms with Crippen molar-refractivity contribution in [3.63, 3.8) is 0 Å². The van der Waals surface area contributed by atoms with Gasteiger partial charge in [-0.2, -0.15) is 0 Å². The van der Waals surface area contributed by atoms with E-state index < -0.39 is 10.4 Å². The van der Waals surface area contributed by atoms with Gasteiger partial charge in [0.05, 0.1) is 6.61 Å². The van der Waals surface area contributed by atoms with Crippen molar-refractivity contribution in [3.05, 3.63) is 12.2 Å². The van der Waals surface area contributed by atoms with E-state index in [2.05, 4.69) is 24.1 Å². The number of allylic oxidation sites excluding steroid dienone is 1. The van der Waals surface area contributed by atoms with Crippen molar-refractivity contribution < 1.29 is 46.7 Å². The quantitative estimate of drug-likeness (QED) is 0.107. The fraction of sp³-hybridized carbons (Fsp3) is 0.905. The van der Waals surface area contributed by atoms with Gasteiger partial charge in [0.2, 0.25) is 10.4 Å². The molecule has 0 aromatic rings. The first kappa shape index (κ1) is 29.8. The molecular formula is C21H41NaO4S. The van der Waals surface area contributed by atoms with Crippen LogP contribution in [0.15, 0.2) is 12.2 Å². The molecule has 0 aromatic carbocycles. The summed E-state index contributed by atoms with van der Waals surface area (Å²) in [5.41, 5.74) is 0. The van der Waals surface area contributed by atoms with Gasteiger partial charge in [-0.3, -0.25) is 4.18 Å². The number of hydrogen-bond acceptors (Lipinski definition) is 4. The van der Waals surface area contributed by atoms with E-state index in [0.717, 1.165) is 25.7 Å². The van der Waals surface area contributed by atoms with Crippen LogP contribution in [0.5, 0.6) is 0 Å². The zero-order chi connectivity index (χ0) is 19.5. The van der Waals surface area contributed by atoms with Crippen molar-refractivity contribution in [2.75, 3.05) is 6.61 Å². The standard InChI is InChI=1S/C21H42O4S.Na/c1-3-5-7-9-11-13-15-17-19-21(20-25-26(22,23)24)18-16-14-12-10-8-6-4-2;/h16,18,21H,3-15,17,19-20H2,1-2H3,(H,22,23,24);/q;+1/p-1/b18-16+;. The largest absolute Gasteiger partial charge is 1.00 e. The van der Waals surface area contributed by atoms with Crippen LogP contribution < -0.4 is 29.6 Å². The molecule has 0 aliphatic rings. The molecule has 0 radical (unpaired) electrons. The Morgan fingerprint density at radius 3 is 1.81 bits per heavy atom. The van der Waals surface area contributed by atoms with Crippen molar-refractivity contribution >= 4 is 10.4 Å². The molecule has 0 saturated carbocycles. The molecule has 0 aromatic heterocycles. The zero-order valence-electron chi connectivity index (χ0n) is 18.1. The monoisotopic (exact) mass is 412 g/mol. The second-order valence-electron chi connectivity index (χ2n) is 7.35. The Kier molecular flexibility index (Phi) is 23.5. The average Bonchev–Trinajstić information content (AvgIpc) is 2.59. The second kappa shape index (κ2) is 21.3. The first-order valence-electron chi connectivity index (χ1n) is 10.8. The predicted molar refractivity (Wildman–Crippen MR) is 109 cm³/mol. The maximum absolute atomic E-state index is 10.7. The molecule has 27 heavy (non-hydrogen) atoms. The van der Waals surface area contributed by atoms with Crippen LogP contribution >= 0.6 is 0 Å². The van der Waals surface area contributed by atoms with E-state index in [0.29, 0.717) is 0 Å². The van der Waals surface area contributed by atoms with Crippen molar-refractivity contribution in [2.45, 2.75) is 110 Å². The summed E-state index contributed by atoms with van der Waals surface area (Å²) in [4.78, 5) is 0. The van der Waals surface area contributed by atoms with Gasteiger partial charge in [0.15, 0.2) is 0 Å². The Morgan fingerprint density at radius 2 is 1.30 bits per heavy atom. The molecule has 0 fully saturated rings. The van der Waals surface area contributed by atoms with Crippen molar-refractivity contribution in [3.8, 4) is 0 Å². The van der Waals surface area contributed by atoms with Crippen molar-refractivity contribution in [2.24, 2.45) is 5.92 Å². The summed E-state index contributed by atoms with van der Waals surface area (Å²) in [6.45, 7) is 4.41. The molecule has 0 amide bonds. The summed E-state index contributed by atoms with van der Waals surface area (Å²) in [5.74, 6) is 0.0226. The van der Waals surface area contributed by atoms with E-state index in [1.165, 1.54) is 70.6 Å². The normalized spacial score (nSPS) is 13.0. The van der Waals surface area contributed by atoms with Gasteiger partial charge in [0.25, 0.3) is 0 Å². The molecule has 1 atom stereocenters. The number of rotatable bonds is 19. The van der Waals surface area contributed by atoms with Crippen molar-refractivity contribution in [1.29, 1.82) is 0 Å². The van der Waals surface area contributed by atoms with Crippen LogP contribution in [0.25, 0.3) is 0 Å². The van der Waals surface area contributed by atoms with Crippen LogP contribution in [-0.2, 0) is 14.6 Å². The minimum atomic E-state index is -4.60. The van der Waals surface area contributed by atoms with E-state index in [9.17, 15) is 13.0 Å². The van der Waals surface area contributed by atoms with Gasteiger partial charge in [-0.1, -0.05) is 103 Å². The maximum atomic E-state index is 10.7. The average molecular weight is 413 g/mol. The summed E-state index contributed by atoms with van der Waals surface area (Å²) in [6.07, 6.45) is 22.3. The first-order valence-corrected chi connectivity index (χ1v) is 12.1. The van der Waals surface area contributed by atoms with E-state index in [1.807, 2.05) is 6.08 Å². The topological polar surface area (TPSA) is 66.4 Å². The summed E-state index contributed by atoms with van der Waals surface area (Å²) in [7, 11) is -4.60. The van der Waals surface area contributed by atoms with Gasteiger partial charge < -0.3 is 4.55 Å². The van der Waals surface area contributed by atoms with Crippen LogP contribution in [0, 0.1) is 5.92 Å². The van der Waals surface area contributed by atoms with Crippen LogP contribution in [-0.4, -0.2) is 19.6 Å². The van der Waals surface area contributed by atoms with E-state index >= 15 is 0 Å². The predicted octanol–water partition coefficient (Wildman–Crippen LogP) is 3.53. The van der Waals surface area contributed by atoms with Crippen molar-refractivity contribution in [1.82, 2.24) is 0 Å². The van der Waals surface area contributed by atoms with Gasteiger partial charge in [-0.05, 0) is 19.3 Å². The molecular weight excluding hydrogens is 371 g/mol. The third kappa shape index (κ3) is 24.6. The van der Waals surface area contributed by atoms with Crippen LogP contribution in [0.1, 0.15) is 110 Å². The second-order valence-corrected chi connectivity index (χ2v) is 8.40. The molecule has 1 unspecified atom stereocenters. The SMILES string of the molecule is CCCCCCC/C=C/C(CCCCCCCCCC)COS(=O)(=O)[O-].[Na+]. The van der Waals surface area contributed by atoms with Gasteiger partial charge >= 0.3 is 29.6 Å². The molecule has 0 heterocycles. The minimum absolute atomic E-state index is 0. The van der Waals surface area contributed by atoms with Gasteiger partial charge in [-0.25, -0.2) is 8.42 Å². The molecule has 0 saturated heterocycles. The summed E-state index contributed by atoms with van der Waals surface area (Å²) < 4.78 is 36.6. The van der Waals surface area contributed by atoms with Gasteiger partial charge in [0.1, 0.15) is 0 Å². The number of unbranched alkanes of at least 4 members (excludes halogenated alkanes) is 12. The molecule has 0 aliphatic carbocycles. The van der Waals surface area contributed by atoms with E-state index in [-0.39, 0.29) is 42.1 Å². The molecule has 0 N–H and O–H groups in total.